The second-order valence-electron chi connectivity index (χ2n) is 5.88. The number of hydrogen-bond donors (Lipinski definition) is 0. The summed E-state index contributed by atoms with van der Waals surface area (Å²) in [6, 6.07) is 14.5. The van der Waals surface area contributed by atoms with Gasteiger partial charge in [-0.15, -0.1) is 0 Å². The maximum Gasteiger partial charge on any atom is 0.268 e. The zero-order valence-electron chi connectivity index (χ0n) is 12.9. The Hall–Kier alpha value is -2.11. The predicted molar refractivity (Wildman–Crippen MR) is 90.8 cm³/mol. The monoisotopic (exact) mass is 326 g/mol. The molecule has 0 aliphatic carbocycles. The van der Waals surface area contributed by atoms with E-state index in [0.717, 1.165) is 36.1 Å². The molecule has 0 spiro atoms. The van der Waals surface area contributed by atoms with E-state index in [2.05, 4.69) is 17.9 Å². The summed E-state index contributed by atoms with van der Waals surface area (Å²) in [5, 5.41) is 1.09. The molecule has 0 unspecified atom stereocenters. The summed E-state index contributed by atoms with van der Waals surface area (Å²) in [6.45, 7) is 4.74. The van der Waals surface area contributed by atoms with Crippen LogP contribution in [0.4, 0.5) is 0 Å². The van der Waals surface area contributed by atoms with Gasteiger partial charge >= 0.3 is 0 Å². The minimum Gasteiger partial charge on any atom is -0.295 e. The first kappa shape index (κ1) is 14.5. The summed E-state index contributed by atoms with van der Waals surface area (Å²) in [5.74, 6) is 0. The number of nitrogens with zero attached hydrogens (tertiary/aromatic N) is 2. The van der Waals surface area contributed by atoms with E-state index in [1.165, 1.54) is 9.54 Å². The van der Waals surface area contributed by atoms with Gasteiger partial charge in [-0.3, -0.25) is 4.90 Å². The van der Waals surface area contributed by atoms with E-state index >= 15 is 0 Å². The van der Waals surface area contributed by atoms with Gasteiger partial charge in [0.1, 0.15) is 0 Å². The van der Waals surface area contributed by atoms with E-state index in [9.17, 15) is 8.42 Å². The fraction of sp³-hybridized carbons (Fsp3) is 0.222. The van der Waals surface area contributed by atoms with E-state index in [1.54, 1.807) is 30.5 Å². The van der Waals surface area contributed by atoms with Crippen LogP contribution in [0.2, 0.25) is 0 Å². The SMILES string of the molecule is CCN1Cc2cccc3c2c(cn3S(=O)(=O)c2ccccc2)C1. The van der Waals surface area contributed by atoms with Crippen molar-refractivity contribution in [3.8, 4) is 0 Å². The molecule has 0 saturated carbocycles. The zero-order chi connectivity index (χ0) is 16.0. The van der Waals surface area contributed by atoms with E-state index in [4.69, 9.17) is 0 Å². The number of benzene rings is 2. The number of hydrogen-bond acceptors (Lipinski definition) is 3. The third-order valence-electron chi connectivity index (χ3n) is 4.50. The van der Waals surface area contributed by atoms with Gasteiger partial charge in [0, 0.05) is 24.7 Å². The molecule has 0 amide bonds. The molecular formula is C18H18N2O2S. The Kier molecular flexibility index (Phi) is 3.28. The number of rotatable bonds is 3. The highest BCUT2D eigenvalue weighted by atomic mass is 32.2. The summed E-state index contributed by atoms with van der Waals surface area (Å²) in [4.78, 5) is 2.64. The molecule has 0 saturated heterocycles. The molecule has 4 nitrogen and oxygen atoms in total. The molecule has 4 rings (SSSR count). The fourth-order valence-corrected chi connectivity index (χ4v) is 4.74. The van der Waals surface area contributed by atoms with Gasteiger partial charge < -0.3 is 0 Å². The fourth-order valence-electron chi connectivity index (χ4n) is 3.33. The quantitative estimate of drug-likeness (QED) is 0.742. The van der Waals surface area contributed by atoms with Crippen LogP contribution in [0.5, 0.6) is 0 Å². The molecule has 0 bridgehead atoms. The van der Waals surface area contributed by atoms with Gasteiger partial charge in [0.05, 0.1) is 10.4 Å². The Morgan fingerprint density at radius 3 is 2.43 bits per heavy atom. The summed E-state index contributed by atoms with van der Waals surface area (Å²) in [6.07, 6.45) is 1.79. The molecule has 0 N–H and O–H groups in total. The average molecular weight is 326 g/mol. The lowest BCUT2D eigenvalue weighted by molar-refractivity contribution is 0.267. The van der Waals surface area contributed by atoms with Crippen LogP contribution in [-0.4, -0.2) is 23.8 Å². The smallest absolute Gasteiger partial charge is 0.268 e. The molecule has 0 fully saturated rings. The molecule has 5 heteroatoms. The lowest BCUT2D eigenvalue weighted by atomic mass is 10.0. The minimum absolute atomic E-state index is 0.320. The maximum atomic E-state index is 13.0. The summed E-state index contributed by atoms with van der Waals surface area (Å²) >= 11 is 0. The molecule has 0 atom stereocenters. The Bertz CT molecular complexity index is 975. The maximum absolute atomic E-state index is 13.0. The molecule has 118 valence electrons. The highest BCUT2D eigenvalue weighted by Gasteiger charge is 2.25. The predicted octanol–water partition coefficient (Wildman–Crippen LogP) is 3.21. The normalized spacial score (nSPS) is 15.2. The van der Waals surface area contributed by atoms with Crippen molar-refractivity contribution < 1.29 is 8.42 Å². The molecule has 2 heterocycles. The van der Waals surface area contributed by atoms with E-state index in [0.29, 0.717) is 4.90 Å². The van der Waals surface area contributed by atoms with Crippen molar-refractivity contribution in [1.82, 2.24) is 8.87 Å². The summed E-state index contributed by atoms with van der Waals surface area (Å²) in [5.41, 5.74) is 3.06. The van der Waals surface area contributed by atoms with Gasteiger partial charge in [-0.25, -0.2) is 12.4 Å². The van der Waals surface area contributed by atoms with Gasteiger partial charge in [0.2, 0.25) is 0 Å². The molecule has 1 aliphatic heterocycles. The van der Waals surface area contributed by atoms with Crippen LogP contribution in [0, 0.1) is 0 Å². The lowest BCUT2D eigenvalue weighted by Gasteiger charge is -2.25. The summed E-state index contributed by atoms with van der Waals surface area (Å²) < 4.78 is 27.5. The van der Waals surface area contributed by atoms with Crippen LogP contribution in [0.15, 0.2) is 59.6 Å². The standard InChI is InChI=1S/C18H18N2O2S/c1-2-19-11-14-7-6-10-17-18(14)15(12-19)13-20(17)23(21,22)16-8-4-3-5-9-16/h3-10,13H,2,11-12H2,1H3. The average Bonchev–Trinajstić information content (AvgIpc) is 2.97. The van der Waals surface area contributed by atoms with Crippen LogP contribution in [0.25, 0.3) is 10.9 Å². The van der Waals surface area contributed by atoms with Crippen molar-refractivity contribution in [2.45, 2.75) is 24.9 Å². The van der Waals surface area contributed by atoms with Crippen molar-refractivity contribution in [2.75, 3.05) is 6.54 Å². The number of aromatic nitrogens is 1. The third-order valence-corrected chi connectivity index (χ3v) is 6.18. The molecule has 1 aliphatic rings. The molecular weight excluding hydrogens is 308 g/mol. The van der Waals surface area contributed by atoms with Gasteiger partial charge in [0.25, 0.3) is 10.0 Å². The van der Waals surface area contributed by atoms with E-state index in [-0.39, 0.29) is 0 Å². The second kappa shape index (κ2) is 5.22. The van der Waals surface area contributed by atoms with Crippen molar-refractivity contribution in [3.05, 3.63) is 65.9 Å². The Morgan fingerprint density at radius 2 is 1.70 bits per heavy atom. The van der Waals surface area contributed by atoms with Gasteiger partial charge in [-0.2, -0.15) is 0 Å². The van der Waals surface area contributed by atoms with Gasteiger partial charge in [-0.1, -0.05) is 37.3 Å². The molecule has 23 heavy (non-hydrogen) atoms. The zero-order valence-corrected chi connectivity index (χ0v) is 13.8. The van der Waals surface area contributed by atoms with Crippen LogP contribution in [0.1, 0.15) is 18.1 Å². The lowest BCUT2D eigenvalue weighted by Crippen LogP contribution is -2.25. The highest BCUT2D eigenvalue weighted by Crippen LogP contribution is 2.33. The van der Waals surface area contributed by atoms with Crippen molar-refractivity contribution in [2.24, 2.45) is 0 Å². The van der Waals surface area contributed by atoms with Gasteiger partial charge in [-0.05, 0) is 35.9 Å². The minimum atomic E-state index is -3.57. The van der Waals surface area contributed by atoms with Crippen molar-refractivity contribution >= 4 is 20.9 Å². The molecule has 0 radical (unpaired) electrons. The van der Waals surface area contributed by atoms with E-state index in [1.807, 2.05) is 18.2 Å². The highest BCUT2D eigenvalue weighted by molar-refractivity contribution is 7.90. The van der Waals surface area contributed by atoms with Crippen LogP contribution in [0.3, 0.4) is 0 Å². The Balaban J connectivity index is 1.96. The van der Waals surface area contributed by atoms with Crippen LogP contribution in [-0.2, 0) is 23.1 Å². The Morgan fingerprint density at radius 1 is 0.957 bits per heavy atom. The van der Waals surface area contributed by atoms with Crippen LogP contribution >= 0.6 is 0 Å². The van der Waals surface area contributed by atoms with Crippen LogP contribution < -0.4 is 0 Å². The summed E-state index contributed by atoms with van der Waals surface area (Å²) in [7, 11) is -3.57. The topological polar surface area (TPSA) is 42.3 Å². The first-order valence-electron chi connectivity index (χ1n) is 7.76. The van der Waals surface area contributed by atoms with Gasteiger partial charge in [0.15, 0.2) is 0 Å². The Labute approximate surface area is 136 Å². The molecule has 1 aromatic heterocycles. The van der Waals surface area contributed by atoms with Crippen molar-refractivity contribution in [3.63, 3.8) is 0 Å². The molecule has 2 aromatic carbocycles. The van der Waals surface area contributed by atoms with E-state index < -0.39 is 10.0 Å². The molecule has 3 aromatic rings. The first-order chi connectivity index (χ1) is 11.1. The first-order valence-corrected chi connectivity index (χ1v) is 9.20. The second-order valence-corrected chi connectivity index (χ2v) is 7.70. The largest absolute Gasteiger partial charge is 0.295 e. The third kappa shape index (κ3) is 2.19. The van der Waals surface area contributed by atoms with Crippen molar-refractivity contribution in [1.29, 1.82) is 0 Å².